The van der Waals surface area contributed by atoms with E-state index in [0.717, 1.165) is 5.56 Å². The molecule has 0 saturated carbocycles. The van der Waals surface area contributed by atoms with Gasteiger partial charge in [0.2, 0.25) is 0 Å². The van der Waals surface area contributed by atoms with Crippen molar-refractivity contribution >= 4 is 17.4 Å². The summed E-state index contributed by atoms with van der Waals surface area (Å²) in [4.78, 5) is 15.9. The van der Waals surface area contributed by atoms with Gasteiger partial charge in [-0.2, -0.15) is 0 Å². The number of aromatic nitrogens is 1. The molecule has 0 N–H and O–H groups in total. The van der Waals surface area contributed by atoms with E-state index in [0.29, 0.717) is 16.3 Å². The molecule has 0 saturated heterocycles. The highest BCUT2D eigenvalue weighted by molar-refractivity contribution is 6.29. The number of aryl methyl sites for hydroxylation is 1. The van der Waals surface area contributed by atoms with Crippen LogP contribution in [0.25, 0.3) is 0 Å². The van der Waals surface area contributed by atoms with E-state index in [1.54, 1.807) is 12.1 Å². The number of carbonyl (C=O) groups is 1. The van der Waals surface area contributed by atoms with Crippen molar-refractivity contribution in [2.24, 2.45) is 0 Å². The molecule has 0 amide bonds. The number of hydrogen-bond acceptors (Lipinski definition) is 2. The Labute approximate surface area is 98.9 Å². The fourth-order valence-electron chi connectivity index (χ4n) is 1.42. The third-order valence-electron chi connectivity index (χ3n) is 2.30. The Bertz CT molecular complexity index is 520. The third kappa shape index (κ3) is 2.28. The number of nitrogens with zero attached hydrogens (tertiary/aromatic N) is 1. The molecule has 0 aliphatic heterocycles. The average Bonchev–Trinajstić information content (AvgIpc) is 2.29. The molecule has 2 rings (SSSR count). The molecule has 0 bridgehead atoms. The minimum Gasteiger partial charge on any atom is -0.289 e. The zero-order valence-corrected chi connectivity index (χ0v) is 9.53. The van der Waals surface area contributed by atoms with Crippen molar-refractivity contribution in [1.82, 2.24) is 4.98 Å². The van der Waals surface area contributed by atoms with Crippen LogP contribution in [0.2, 0.25) is 5.15 Å². The van der Waals surface area contributed by atoms with Crippen molar-refractivity contribution in [3.63, 3.8) is 0 Å². The largest absolute Gasteiger partial charge is 0.289 e. The van der Waals surface area contributed by atoms with Crippen LogP contribution in [0.4, 0.5) is 0 Å². The summed E-state index contributed by atoms with van der Waals surface area (Å²) in [6.45, 7) is 1.98. The molecule has 2 aromatic rings. The predicted molar refractivity (Wildman–Crippen MR) is 63.9 cm³/mol. The standard InChI is InChI=1S/C13H10ClNO/c1-9-2-4-10(5-3-9)13(16)11-6-7-15-12(14)8-11/h2-8H,1H3. The van der Waals surface area contributed by atoms with Crippen molar-refractivity contribution in [2.75, 3.05) is 0 Å². The first-order chi connectivity index (χ1) is 7.66. The van der Waals surface area contributed by atoms with Gasteiger partial charge in [-0.15, -0.1) is 0 Å². The van der Waals surface area contributed by atoms with E-state index in [9.17, 15) is 4.79 Å². The van der Waals surface area contributed by atoms with E-state index in [-0.39, 0.29) is 5.78 Å². The van der Waals surface area contributed by atoms with E-state index < -0.39 is 0 Å². The van der Waals surface area contributed by atoms with Crippen LogP contribution in [0, 0.1) is 6.92 Å². The van der Waals surface area contributed by atoms with Gasteiger partial charge in [-0.1, -0.05) is 41.4 Å². The lowest BCUT2D eigenvalue weighted by Gasteiger charge is -2.01. The average molecular weight is 232 g/mol. The van der Waals surface area contributed by atoms with Crippen LogP contribution in [0.3, 0.4) is 0 Å². The van der Waals surface area contributed by atoms with Gasteiger partial charge in [-0.3, -0.25) is 4.79 Å². The first-order valence-electron chi connectivity index (χ1n) is 4.90. The molecule has 2 nitrogen and oxygen atoms in total. The number of halogens is 1. The molecule has 0 aliphatic rings. The van der Waals surface area contributed by atoms with Crippen LogP contribution >= 0.6 is 11.6 Å². The summed E-state index contributed by atoms with van der Waals surface area (Å²) in [6.07, 6.45) is 1.53. The number of rotatable bonds is 2. The number of ketones is 1. The first kappa shape index (κ1) is 10.8. The third-order valence-corrected chi connectivity index (χ3v) is 2.51. The molecule has 3 heteroatoms. The van der Waals surface area contributed by atoms with Crippen molar-refractivity contribution < 1.29 is 4.79 Å². The Morgan fingerprint density at radius 2 is 1.81 bits per heavy atom. The highest BCUT2D eigenvalue weighted by Crippen LogP contribution is 2.13. The first-order valence-corrected chi connectivity index (χ1v) is 5.27. The molecule has 0 spiro atoms. The van der Waals surface area contributed by atoms with Crippen LogP contribution in [0.1, 0.15) is 21.5 Å². The zero-order chi connectivity index (χ0) is 11.5. The molecular weight excluding hydrogens is 222 g/mol. The van der Waals surface area contributed by atoms with Gasteiger partial charge in [-0.05, 0) is 19.1 Å². The Hall–Kier alpha value is -1.67. The topological polar surface area (TPSA) is 30.0 Å². The van der Waals surface area contributed by atoms with E-state index in [4.69, 9.17) is 11.6 Å². The molecule has 0 radical (unpaired) electrons. The maximum Gasteiger partial charge on any atom is 0.193 e. The number of pyridine rings is 1. The van der Waals surface area contributed by atoms with Crippen molar-refractivity contribution in [3.8, 4) is 0 Å². The van der Waals surface area contributed by atoms with Crippen molar-refractivity contribution in [2.45, 2.75) is 6.92 Å². The van der Waals surface area contributed by atoms with Gasteiger partial charge < -0.3 is 0 Å². The lowest BCUT2D eigenvalue weighted by atomic mass is 10.0. The second-order valence-corrected chi connectivity index (χ2v) is 3.95. The van der Waals surface area contributed by atoms with Crippen molar-refractivity contribution in [1.29, 1.82) is 0 Å². The summed E-state index contributed by atoms with van der Waals surface area (Å²) < 4.78 is 0. The zero-order valence-electron chi connectivity index (χ0n) is 8.77. The summed E-state index contributed by atoms with van der Waals surface area (Å²) >= 11 is 5.74. The fraction of sp³-hybridized carbons (Fsp3) is 0.0769. The Balaban J connectivity index is 2.35. The molecule has 0 fully saturated rings. The predicted octanol–water partition coefficient (Wildman–Crippen LogP) is 3.27. The van der Waals surface area contributed by atoms with Crippen LogP contribution in [0.5, 0.6) is 0 Å². The van der Waals surface area contributed by atoms with Gasteiger partial charge in [0.05, 0.1) is 0 Å². The van der Waals surface area contributed by atoms with Gasteiger partial charge in [0.1, 0.15) is 5.15 Å². The van der Waals surface area contributed by atoms with E-state index in [1.165, 1.54) is 6.20 Å². The van der Waals surface area contributed by atoms with Gasteiger partial charge in [0.25, 0.3) is 0 Å². The minimum atomic E-state index is -0.0377. The highest BCUT2D eigenvalue weighted by atomic mass is 35.5. The normalized spacial score (nSPS) is 10.1. The van der Waals surface area contributed by atoms with Crippen molar-refractivity contribution in [3.05, 3.63) is 64.4 Å². The monoisotopic (exact) mass is 231 g/mol. The molecule has 80 valence electrons. The minimum absolute atomic E-state index is 0.0377. The summed E-state index contributed by atoms with van der Waals surface area (Å²) in [7, 11) is 0. The number of hydrogen-bond donors (Lipinski definition) is 0. The summed E-state index contributed by atoms with van der Waals surface area (Å²) in [5, 5.41) is 0.331. The van der Waals surface area contributed by atoms with E-state index >= 15 is 0 Å². The Morgan fingerprint density at radius 3 is 2.44 bits per heavy atom. The Kier molecular flexibility index (Phi) is 3.02. The molecule has 0 unspecified atom stereocenters. The summed E-state index contributed by atoms with van der Waals surface area (Å²) in [5.41, 5.74) is 2.35. The molecule has 1 heterocycles. The highest BCUT2D eigenvalue weighted by Gasteiger charge is 2.08. The van der Waals surface area contributed by atoms with E-state index in [2.05, 4.69) is 4.98 Å². The SMILES string of the molecule is Cc1ccc(C(=O)c2ccnc(Cl)c2)cc1. The summed E-state index contributed by atoms with van der Waals surface area (Å²) in [6, 6.07) is 10.7. The molecular formula is C13H10ClNO. The maximum atomic E-state index is 12.0. The van der Waals surface area contributed by atoms with Gasteiger partial charge in [-0.25, -0.2) is 4.98 Å². The van der Waals surface area contributed by atoms with Crippen LogP contribution in [0.15, 0.2) is 42.6 Å². The molecule has 0 atom stereocenters. The lowest BCUT2D eigenvalue weighted by Crippen LogP contribution is -2.01. The molecule has 0 aliphatic carbocycles. The fourth-order valence-corrected chi connectivity index (χ4v) is 1.59. The van der Waals surface area contributed by atoms with Crippen LogP contribution < -0.4 is 0 Å². The smallest absolute Gasteiger partial charge is 0.193 e. The van der Waals surface area contributed by atoms with Gasteiger partial charge in [0, 0.05) is 17.3 Å². The number of benzene rings is 1. The Morgan fingerprint density at radius 1 is 1.12 bits per heavy atom. The lowest BCUT2D eigenvalue weighted by molar-refractivity contribution is 0.103. The second-order valence-electron chi connectivity index (χ2n) is 3.56. The maximum absolute atomic E-state index is 12.0. The van der Waals surface area contributed by atoms with Crippen LogP contribution in [-0.4, -0.2) is 10.8 Å². The second kappa shape index (κ2) is 4.45. The van der Waals surface area contributed by atoms with Crippen LogP contribution in [-0.2, 0) is 0 Å². The quantitative estimate of drug-likeness (QED) is 0.587. The number of carbonyl (C=O) groups excluding carboxylic acids is 1. The van der Waals surface area contributed by atoms with E-state index in [1.807, 2.05) is 31.2 Å². The van der Waals surface area contributed by atoms with Gasteiger partial charge >= 0.3 is 0 Å². The molecule has 16 heavy (non-hydrogen) atoms. The summed E-state index contributed by atoms with van der Waals surface area (Å²) in [5.74, 6) is -0.0377. The molecule has 1 aromatic heterocycles. The molecule has 1 aromatic carbocycles. The van der Waals surface area contributed by atoms with Gasteiger partial charge in [0.15, 0.2) is 5.78 Å².